The van der Waals surface area contributed by atoms with Crippen molar-refractivity contribution in [2.45, 2.75) is 20.3 Å². The van der Waals surface area contributed by atoms with Gasteiger partial charge < -0.3 is 15.0 Å². The number of carbonyl (C=O) groups is 2. The highest BCUT2D eigenvalue weighted by atomic mass is 16.5. The maximum Gasteiger partial charge on any atom is 0.226 e. The summed E-state index contributed by atoms with van der Waals surface area (Å²) >= 11 is 0. The van der Waals surface area contributed by atoms with Gasteiger partial charge in [0.05, 0.1) is 23.5 Å². The van der Waals surface area contributed by atoms with Crippen LogP contribution in [0.2, 0.25) is 0 Å². The first-order valence-corrected chi connectivity index (χ1v) is 8.35. The molecule has 0 aliphatic heterocycles. The number of rotatable bonds is 7. The zero-order valence-electron chi connectivity index (χ0n) is 14.9. The zero-order valence-corrected chi connectivity index (χ0v) is 14.9. The first-order chi connectivity index (χ1) is 12.6. The SMILES string of the molecule is CCOc1ccccc1N(CCC(=O)Nc1ccccc1C#N)C(C)=O. The van der Waals surface area contributed by atoms with E-state index in [1.807, 2.05) is 25.1 Å². The summed E-state index contributed by atoms with van der Waals surface area (Å²) in [5.41, 5.74) is 1.49. The Morgan fingerprint density at radius 1 is 1.15 bits per heavy atom. The normalized spacial score (nSPS) is 9.88. The van der Waals surface area contributed by atoms with Gasteiger partial charge in [-0.2, -0.15) is 5.26 Å². The number of ether oxygens (including phenoxy) is 1. The third kappa shape index (κ3) is 4.84. The number of nitriles is 1. The number of nitrogens with one attached hydrogen (secondary N) is 1. The average molecular weight is 351 g/mol. The largest absolute Gasteiger partial charge is 0.492 e. The second-order valence-corrected chi connectivity index (χ2v) is 5.53. The van der Waals surface area contributed by atoms with Gasteiger partial charge in [-0.05, 0) is 31.2 Å². The Balaban J connectivity index is 2.09. The number of amides is 2. The van der Waals surface area contributed by atoms with Gasteiger partial charge in [0.1, 0.15) is 11.8 Å². The summed E-state index contributed by atoms with van der Waals surface area (Å²) in [4.78, 5) is 25.8. The first kappa shape index (κ1) is 19.0. The molecule has 2 aromatic carbocycles. The molecular weight excluding hydrogens is 330 g/mol. The molecule has 0 fully saturated rings. The standard InChI is InChI=1S/C20H21N3O3/c1-3-26-19-11-7-6-10-18(19)23(15(2)24)13-12-20(25)22-17-9-5-4-8-16(17)14-21/h4-11H,3,12-13H2,1-2H3,(H,22,25). The molecule has 0 spiro atoms. The van der Waals surface area contributed by atoms with Crippen molar-refractivity contribution in [1.82, 2.24) is 0 Å². The van der Waals surface area contributed by atoms with Crippen LogP contribution >= 0.6 is 0 Å². The van der Waals surface area contributed by atoms with Gasteiger partial charge in [-0.3, -0.25) is 9.59 Å². The molecule has 2 aromatic rings. The van der Waals surface area contributed by atoms with Gasteiger partial charge in [-0.15, -0.1) is 0 Å². The Kier molecular flexibility index (Phi) is 6.75. The van der Waals surface area contributed by atoms with Crippen molar-refractivity contribution in [3.63, 3.8) is 0 Å². The lowest BCUT2D eigenvalue weighted by atomic mass is 10.2. The molecule has 0 aliphatic rings. The average Bonchev–Trinajstić information content (AvgIpc) is 2.63. The number of hydrogen-bond acceptors (Lipinski definition) is 4. The molecule has 0 saturated carbocycles. The summed E-state index contributed by atoms with van der Waals surface area (Å²) in [6, 6.07) is 16.0. The zero-order chi connectivity index (χ0) is 18.9. The molecule has 0 bridgehead atoms. The highest BCUT2D eigenvalue weighted by Crippen LogP contribution is 2.28. The minimum atomic E-state index is -0.271. The van der Waals surface area contributed by atoms with Crippen molar-refractivity contribution < 1.29 is 14.3 Å². The van der Waals surface area contributed by atoms with Crippen LogP contribution in [0.1, 0.15) is 25.8 Å². The number of anilines is 2. The third-order valence-corrected chi connectivity index (χ3v) is 3.72. The quantitative estimate of drug-likeness (QED) is 0.829. The van der Waals surface area contributed by atoms with Crippen molar-refractivity contribution in [2.24, 2.45) is 0 Å². The number of hydrogen-bond donors (Lipinski definition) is 1. The monoisotopic (exact) mass is 351 g/mol. The van der Waals surface area contributed by atoms with E-state index in [1.165, 1.54) is 11.8 Å². The second-order valence-electron chi connectivity index (χ2n) is 5.53. The minimum absolute atomic E-state index is 0.0970. The van der Waals surface area contributed by atoms with Crippen LogP contribution in [0.15, 0.2) is 48.5 Å². The van der Waals surface area contributed by atoms with Gasteiger partial charge in [-0.25, -0.2) is 0 Å². The van der Waals surface area contributed by atoms with Crippen molar-refractivity contribution in [3.8, 4) is 11.8 Å². The lowest BCUT2D eigenvalue weighted by Gasteiger charge is -2.23. The van der Waals surface area contributed by atoms with Crippen LogP contribution in [0.5, 0.6) is 5.75 Å². The molecule has 0 unspecified atom stereocenters. The lowest BCUT2D eigenvalue weighted by Crippen LogP contribution is -2.32. The molecule has 1 N–H and O–H groups in total. The van der Waals surface area contributed by atoms with Gasteiger partial charge >= 0.3 is 0 Å². The van der Waals surface area contributed by atoms with Crippen LogP contribution in [-0.4, -0.2) is 25.0 Å². The van der Waals surface area contributed by atoms with Gasteiger partial charge in [0, 0.05) is 19.9 Å². The molecule has 26 heavy (non-hydrogen) atoms. The van der Waals surface area contributed by atoms with E-state index in [9.17, 15) is 9.59 Å². The van der Waals surface area contributed by atoms with Crippen LogP contribution in [0.25, 0.3) is 0 Å². The maximum absolute atomic E-state index is 12.3. The summed E-state index contributed by atoms with van der Waals surface area (Å²) in [6.07, 6.45) is 0.0970. The fraction of sp³-hybridized carbons (Fsp3) is 0.250. The Bertz CT molecular complexity index is 827. The smallest absolute Gasteiger partial charge is 0.226 e. The van der Waals surface area contributed by atoms with E-state index >= 15 is 0 Å². The van der Waals surface area contributed by atoms with Gasteiger partial charge in [-0.1, -0.05) is 24.3 Å². The lowest BCUT2D eigenvalue weighted by molar-refractivity contribution is -0.117. The maximum atomic E-state index is 12.3. The van der Waals surface area contributed by atoms with Crippen molar-refractivity contribution in [2.75, 3.05) is 23.4 Å². The molecule has 0 atom stereocenters. The highest BCUT2D eigenvalue weighted by Gasteiger charge is 2.17. The molecule has 6 heteroatoms. The molecule has 2 amide bonds. The van der Waals surface area contributed by atoms with Gasteiger partial charge in [0.15, 0.2) is 0 Å². The van der Waals surface area contributed by atoms with E-state index in [-0.39, 0.29) is 24.8 Å². The van der Waals surface area contributed by atoms with Gasteiger partial charge in [0.25, 0.3) is 0 Å². The fourth-order valence-electron chi connectivity index (χ4n) is 2.52. The number of nitrogens with zero attached hydrogens (tertiary/aromatic N) is 2. The minimum Gasteiger partial charge on any atom is -0.492 e. The fourth-order valence-corrected chi connectivity index (χ4v) is 2.52. The van der Waals surface area contributed by atoms with E-state index in [2.05, 4.69) is 5.32 Å². The Morgan fingerprint density at radius 3 is 2.54 bits per heavy atom. The molecule has 0 saturated heterocycles. The number of benzene rings is 2. The summed E-state index contributed by atoms with van der Waals surface area (Å²) in [7, 11) is 0. The van der Waals surface area contributed by atoms with E-state index in [1.54, 1.807) is 36.4 Å². The van der Waals surface area contributed by atoms with E-state index in [0.717, 1.165) is 0 Å². The number of para-hydroxylation sites is 3. The van der Waals surface area contributed by atoms with Crippen LogP contribution in [0, 0.1) is 11.3 Å². The molecule has 0 heterocycles. The van der Waals surface area contributed by atoms with Crippen LogP contribution in [-0.2, 0) is 9.59 Å². The van der Waals surface area contributed by atoms with Crippen molar-refractivity contribution in [3.05, 3.63) is 54.1 Å². The summed E-state index contributed by atoms with van der Waals surface area (Å²) < 4.78 is 5.57. The topological polar surface area (TPSA) is 82.4 Å². The van der Waals surface area contributed by atoms with Crippen LogP contribution in [0.4, 0.5) is 11.4 Å². The first-order valence-electron chi connectivity index (χ1n) is 8.35. The predicted octanol–water partition coefficient (Wildman–Crippen LogP) is 3.34. The summed E-state index contributed by atoms with van der Waals surface area (Å²) in [5.74, 6) is 0.149. The highest BCUT2D eigenvalue weighted by molar-refractivity contribution is 5.96. The Hall–Kier alpha value is -3.33. The third-order valence-electron chi connectivity index (χ3n) is 3.72. The number of carbonyl (C=O) groups excluding carboxylic acids is 2. The summed E-state index contributed by atoms with van der Waals surface area (Å²) in [6.45, 7) is 4.01. The van der Waals surface area contributed by atoms with E-state index in [4.69, 9.17) is 10.00 Å². The van der Waals surface area contributed by atoms with Crippen LogP contribution < -0.4 is 15.0 Å². The Morgan fingerprint density at radius 2 is 1.85 bits per heavy atom. The van der Waals surface area contributed by atoms with Gasteiger partial charge in [0.2, 0.25) is 11.8 Å². The molecule has 134 valence electrons. The molecule has 0 radical (unpaired) electrons. The second kappa shape index (κ2) is 9.23. The molecular formula is C20H21N3O3. The van der Waals surface area contributed by atoms with Crippen molar-refractivity contribution >= 4 is 23.2 Å². The molecule has 6 nitrogen and oxygen atoms in total. The predicted molar refractivity (Wildman–Crippen MR) is 100 cm³/mol. The molecule has 0 aromatic heterocycles. The Labute approximate surface area is 153 Å². The van der Waals surface area contributed by atoms with Crippen LogP contribution in [0.3, 0.4) is 0 Å². The molecule has 0 aliphatic carbocycles. The molecule has 2 rings (SSSR count). The van der Waals surface area contributed by atoms with E-state index < -0.39 is 0 Å². The van der Waals surface area contributed by atoms with Crippen molar-refractivity contribution in [1.29, 1.82) is 5.26 Å². The summed E-state index contributed by atoms with van der Waals surface area (Å²) in [5, 5.41) is 11.8. The van der Waals surface area contributed by atoms with E-state index in [0.29, 0.717) is 29.3 Å².